The van der Waals surface area contributed by atoms with Crippen molar-refractivity contribution >= 4 is 45.2 Å². The van der Waals surface area contributed by atoms with Crippen LogP contribution in [0.15, 0.2) is 57.8 Å². The van der Waals surface area contributed by atoms with Crippen LogP contribution in [0.5, 0.6) is 0 Å². The van der Waals surface area contributed by atoms with Crippen LogP contribution in [0.3, 0.4) is 0 Å². The van der Waals surface area contributed by atoms with Crippen molar-refractivity contribution < 1.29 is 14.1 Å². The zero-order chi connectivity index (χ0) is 26.3. The van der Waals surface area contributed by atoms with Crippen LogP contribution in [0.4, 0.5) is 0 Å². The summed E-state index contributed by atoms with van der Waals surface area (Å²) in [4.78, 5) is 40.8. The largest absolute Gasteiger partial charge is 0.360 e. The number of carbonyl (C=O) groups is 2. The molecule has 5 rings (SSSR count). The number of hydrogen-bond acceptors (Lipinski definition) is 5. The lowest BCUT2D eigenvalue weighted by atomic mass is 9.89. The molecule has 8 nitrogen and oxygen atoms in total. The van der Waals surface area contributed by atoms with E-state index in [0.717, 1.165) is 24.8 Å². The minimum atomic E-state index is -0.738. The summed E-state index contributed by atoms with van der Waals surface area (Å²) in [6.07, 6.45) is 2.99. The Hall–Kier alpha value is -3.65. The number of nitrogens with one attached hydrogen (secondary N) is 1. The molecule has 0 radical (unpaired) electrons. The Morgan fingerprint density at radius 1 is 1.14 bits per heavy atom. The predicted molar refractivity (Wildman–Crippen MR) is 143 cm³/mol. The molecule has 9 heteroatoms. The summed E-state index contributed by atoms with van der Waals surface area (Å²) in [6.45, 7) is 3.17. The van der Waals surface area contributed by atoms with E-state index in [1.54, 1.807) is 24.6 Å². The molecule has 1 fully saturated rings. The second kappa shape index (κ2) is 10.0. The van der Waals surface area contributed by atoms with Gasteiger partial charge in [-0.15, -0.1) is 0 Å². The van der Waals surface area contributed by atoms with Crippen molar-refractivity contribution in [3.8, 4) is 0 Å². The number of fused-ring (bicyclic) bond motifs is 3. The number of likely N-dealkylation sites (N-methyl/N-ethyl adjacent to an activating group) is 1. The van der Waals surface area contributed by atoms with Gasteiger partial charge in [-0.1, -0.05) is 53.2 Å². The van der Waals surface area contributed by atoms with E-state index < -0.39 is 6.04 Å². The first kappa shape index (κ1) is 25.0. The fraction of sp³-hybridized carbons (Fsp3) is 0.357. The van der Waals surface area contributed by atoms with Crippen LogP contribution < -0.4 is 10.9 Å². The SMILES string of the molecule is CC(=O)N(C)[C@@H](C(=O)N[C@H]1CCC[C@@H](n2c(=O)c3c(C)onc3c3c(Cl)cccc32)C1)c1ccccc1. The normalized spacial score (nSPS) is 18.6. The van der Waals surface area contributed by atoms with E-state index in [9.17, 15) is 14.4 Å². The molecule has 2 aromatic carbocycles. The van der Waals surface area contributed by atoms with E-state index >= 15 is 0 Å². The van der Waals surface area contributed by atoms with E-state index in [1.807, 2.05) is 42.5 Å². The summed E-state index contributed by atoms with van der Waals surface area (Å²) < 4.78 is 7.17. The summed E-state index contributed by atoms with van der Waals surface area (Å²) in [5, 5.41) is 8.92. The fourth-order valence-electron chi connectivity index (χ4n) is 5.51. The van der Waals surface area contributed by atoms with Crippen molar-refractivity contribution in [1.82, 2.24) is 19.9 Å². The van der Waals surface area contributed by atoms with Crippen molar-refractivity contribution in [3.63, 3.8) is 0 Å². The fourth-order valence-corrected chi connectivity index (χ4v) is 5.77. The van der Waals surface area contributed by atoms with Gasteiger partial charge in [0.2, 0.25) is 11.8 Å². The van der Waals surface area contributed by atoms with Gasteiger partial charge in [0.25, 0.3) is 5.56 Å². The van der Waals surface area contributed by atoms with Gasteiger partial charge >= 0.3 is 0 Å². The zero-order valence-corrected chi connectivity index (χ0v) is 21.8. The van der Waals surface area contributed by atoms with Gasteiger partial charge in [-0.05, 0) is 50.3 Å². The number of amides is 2. The van der Waals surface area contributed by atoms with Gasteiger partial charge < -0.3 is 19.3 Å². The summed E-state index contributed by atoms with van der Waals surface area (Å²) in [7, 11) is 1.63. The Labute approximate surface area is 219 Å². The highest BCUT2D eigenvalue weighted by molar-refractivity contribution is 6.37. The van der Waals surface area contributed by atoms with Crippen molar-refractivity contribution in [1.29, 1.82) is 0 Å². The Balaban J connectivity index is 1.48. The quantitative estimate of drug-likeness (QED) is 0.402. The predicted octanol–water partition coefficient (Wildman–Crippen LogP) is 4.92. The average molecular weight is 521 g/mol. The van der Waals surface area contributed by atoms with Gasteiger partial charge in [-0.2, -0.15) is 0 Å². The van der Waals surface area contributed by atoms with Crippen molar-refractivity contribution in [2.24, 2.45) is 0 Å². The van der Waals surface area contributed by atoms with Gasteiger partial charge in [0.1, 0.15) is 22.7 Å². The highest BCUT2D eigenvalue weighted by Gasteiger charge is 2.32. The minimum Gasteiger partial charge on any atom is -0.360 e. The lowest BCUT2D eigenvalue weighted by molar-refractivity contribution is -0.138. The standard InChI is InChI=1S/C28H29ClN4O4/c1-16-23-25(31-37-16)24-21(29)13-8-14-22(24)33(28(23)36)20-12-7-11-19(15-20)30-27(35)26(32(3)17(2)34)18-9-5-4-6-10-18/h4-6,8-10,13-14,19-20,26H,7,11-12,15H2,1-3H3,(H,30,35)/t19-,20+,26+/m0/s1. The molecule has 2 heterocycles. The second-order valence-electron chi connectivity index (χ2n) is 9.74. The molecule has 3 atom stereocenters. The first-order valence-electron chi connectivity index (χ1n) is 12.4. The van der Waals surface area contributed by atoms with Crippen molar-refractivity contribution in [2.75, 3.05) is 7.05 Å². The molecule has 0 unspecified atom stereocenters. The van der Waals surface area contributed by atoms with E-state index in [0.29, 0.717) is 39.0 Å². The highest BCUT2D eigenvalue weighted by atomic mass is 35.5. The second-order valence-corrected chi connectivity index (χ2v) is 10.1. The molecular formula is C28H29ClN4O4. The van der Waals surface area contributed by atoms with Gasteiger partial charge in [0.15, 0.2) is 0 Å². The lowest BCUT2D eigenvalue weighted by Crippen LogP contribution is -2.46. The Bertz CT molecular complexity index is 1540. The average Bonchev–Trinajstić information content (AvgIpc) is 3.26. The van der Waals surface area contributed by atoms with Gasteiger partial charge in [0, 0.05) is 31.4 Å². The number of nitrogens with zero attached hydrogens (tertiary/aromatic N) is 3. The molecule has 0 bridgehead atoms. The van der Waals surface area contributed by atoms with Gasteiger partial charge in [-0.25, -0.2) is 0 Å². The number of rotatable bonds is 5. The third-order valence-electron chi connectivity index (χ3n) is 7.39. The van der Waals surface area contributed by atoms with Crippen molar-refractivity contribution in [2.45, 2.75) is 57.7 Å². The van der Waals surface area contributed by atoms with Gasteiger partial charge in [0.05, 0.1) is 10.5 Å². The molecule has 0 spiro atoms. The van der Waals surface area contributed by atoms with Crippen LogP contribution in [0.1, 0.15) is 56.0 Å². The van der Waals surface area contributed by atoms with Gasteiger partial charge in [-0.3, -0.25) is 14.4 Å². The number of carbonyl (C=O) groups excluding carboxylic acids is 2. The topological polar surface area (TPSA) is 97.4 Å². The van der Waals surface area contributed by atoms with E-state index in [4.69, 9.17) is 16.1 Å². The number of aryl methyl sites for hydroxylation is 1. The molecule has 0 saturated heterocycles. The molecule has 1 N–H and O–H groups in total. The third-order valence-corrected chi connectivity index (χ3v) is 7.70. The molecule has 1 aliphatic carbocycles. The molecule has 1 aliphatic rings. The van der Waals surface area contributed by atoms with Crippen LogP contribution in [0.2, 0.25) is 5.02 Å². The number of halogens is 1. The summed E-state index contributed by atoms with van der Waals surface area (Å²) >= 11 is 6.57. The van der Waals surface area contributed by atoms with Crippen LogP contribution in [-0.2, 0) is 9.59 Å². The molecule has 0 aliphatic heterocycles. The Morgan fingerprint density at radius 3 is 2.62 bits per heavy atom. The van der Waals surface area contributed by atoms with Crippen LogP contribution in [0.25, 0.3) is 21.8 Å². The zero-order valence-electron chi connectivity index (χ0n) is 21.0. The summed E-state index contributed by atoms with van der Waals surface area (Å²) in [6, 6.07) is 13.7. The maximum atomic E-state index is 13.7. The highest BCUT2D eigenvalue weighted by Crippen LogP contribution is 2.35. The number of pyridine rings is 1. The lowest BCUT2D eigenvalue weighted by Gasteiger charge is -2.34. The van der Waals surface area contributed by atoms with Crippen LogP contribution in [-0.4, -0.2) is 39.5 Å². The Morgan fingerprint density at radius 2 is 1.89 bits per heavy atom. The number of benzene rings is 2. The summed E-state index contributed by atoms with van der Waals surface area (Å²) in [5.41, 5.74) is 1.75. The van der Waals surface area contributed by atoms with E-state index in [1.165, 1.54) is 11.8 Å². The smallest absolute Gasteiger partial charge is 0.264 e. The molecule has 192 valence electrons. The van der Waals surface area contributed by atoms with Crippen molar-refractivity contribution in [3.05, 3.63) is 75.2 Å². The van der Waals surface area contributed by atoms with Crippen LogP contribution >= 0.6 is 11.6 Å². The summed E-state index contributed by atoms with van der Waals surface area (Å²) in [5.74, 6) is 0.0205. The molecule has 37 heavy (non-hydrogen) atoms. The number of aromatic nitrogens is 2. The van der Waals surface area contributed by atoms with Crippen LogP contribution in [0, 0.1) is 6.92 Å². The molecule has 2 aromatic heterocycles. The number of hydrogen-bond donors (Lipinski definition) is 1. The third kappa shape index (κ3) is 4.50. The van der Waals surface area contributed by atoms with E-state index in [2.05, 4.69) is 10.5 Å². The monoisotopic (exact) mass is 520 g/mol. The minimum absolute atomic E-state index is 0.146. The first-order chi connectivity index (χ1) is 17.8. The first-order valence-corrected chi connectivity index (χ1v) is 12.8. The molecular weight excluding hydrogens is 492 g/mol. The molecule has 4 aromatic rings. The molecule has 1 saturated carbocycles. The maximum Gasteiger partial charge on any atom is 0.264 e. The Kier molecular flexibility index (Phi) is 6.77. The maximum absolute atomic E-state index is 13.7. The van der Waals surface area contributed by atoms with E-state index in [-0.39, 0.29) is 29.5 Å². The molecule has 2 amide bonds.